The maximum Gasteiger partial charge on any atom is 0.267 e. The zero-order valence-electron chi connectivity index (χ0n) is 12.5. The Labute approximate surface area is 133 Å². The predicted molar refractivity (Wildman–Crippen MR) is 90.2 cm³/mol. The van der Waals surface area contributed by atoms with E-state index in [1.165, 1.54) is 11.3 Å². The summed E-state index contributed by atoms with van der Waals surface area (Å²) in [6.45, 7) is 6.41. The third-order valence-corrected chi connectivity index (χ3v) is 5.17. The molecule has 114 valence electrons. The lowest BCUT2D eigenvalue weighted by molar-refractivity contribution is 0.0792. The third kappa shape index (κ3) is 3.54. The molecule has 0 saturated carbocycles. The van der Waals surface area contributed by atoms with Crippen LogP contribution in [0.5, 0.6) is 0 Å². The monoisotopic (exact) mass is 324 g/mol. The molecule has 2 N–H and O–H groups in total. The molecule has 0 unspecified atom stereocenters. The highest BCUT2D eigenvalue weighted by molar-refractivity contribution is 7.18. The van der Waals surface area contributed by atoms with Crippen LogP contribution in [0.4, 0.5) is 10.9 Å². The van der Waals surface area contributed by atoms with Gasteiger partial charge in [-0.05, 0) is 25.3 Å². The molecule has 5 nitrogen and oxygen atoms in total. The fraction of sp³-hybridized carbons (Fsp3) is 0.429. The zero-order valence-corrected chi connectivity index (χ0v) is 14.1. The van der Waals surface area contributed by atoms with Gasteiger partial charge in [-0.1, -0.05) is 17.4 Å². The Morgan fingerprint density at radius 2 is 2.10 bits per heavy atom. The summed E-state index contributed by atoms with van der Waals surface area (Å²) >= 11 is 3.01. The standard InChI is InChI=1S/C14H20N4OS2/c1-4-18(5-2)14-16-12(15)11(21-14)13(19)17(3)9-10-7-6-8-20-10/h6-8H,4-5,9,15H2,1-3H3. The molecular formula is C14H20N4OS2. The van der Waals surface area contributed by atoms with E-state index in [9.17, 15) is 4.79 Å². The Kier molecular flexibility index (Phi) is 5.19. The molecule has 2 aromatic rings. The quantitative estimate of drug-likeness (QED) is 0.887. The van der Waals surface area contributed by atoms with Crippen LogP contribution in [0.1, 0.15) is 28.4 Å². The Bertz CT molecular complexity index is 590. The van der Waals surface area contributed by atoms with E-state index >= 15 is 0 Å². The molecule has 0 spiro atoms. The number of rotatable bonds is 6. The fourth-order valence-corrected chi connectivity index (χ4v) is 3.85. The van der Waals surface area contributed by atoms with Gasteiger partial charge in [0.2, 0.25) is 0 Å². The van der Waals surface area contributed by atoms with Crippen LogP contribution in [0.25, 0.3) is 0 Å². The minimum Gasteiger partial charge on any atom is -0.382 e. The van der Waals surface area contributed by atoms with E-state index in [0.29, 0.717) is 17.2 Å². The summed E-state index contributed by atoms with van der Waals surface area (Å²) in [5.41, 5.74) is 5.93. The van der Waals surface area contributed by atoms with E-state index in [4.69, 9.17) is 5.73 Å². The number of hydrogen-bond donors (Lipinski definition) is 1. The van der Waals surface area contributed by atoms with Crippen molar-refractivity contribution in [1.29, 1.82) is 0 Å². The number of anilines is 2. The van der Waals surface area contributed by atoms with Gasteiger partial charge >= 0.3 is 0 Å². The smallest absolute Gasteiger partial charge is 0.267 e. The molecule has 0 fully saturated rings. The highest BCUT2D eigenvalue weighted by atomic mass is 32.1. The second-order valence-corrected chi connectivity index (χ2v) is 6.63. The lowest BCUT2D eigenvalue weighted by Gasteiger charge is -2.16. The van der Waals surface area contributed by atoms with Crippen LogP contribution < -0.4 is 10.6 Å². The number of nitrogen functional groups attached to an aromatic ring is 1. The molecular weight excluding hydrogens is 304 g/mol. The number of aromatic nitrogens is 1. The van der Waals surface area contributed by atoms with Crippen LogP contribution in [-0.4, -0.2) is 35.9 Å². The normalized spacial score (nSPS) is 10.6. The van der Waals surface area contributed by atoms with Gasteiger partial charge in [-0.25, -0.2) is 4.98 Å². The molecule has 0 aliphatic heterocycles. The van der Waals surface area contributed by atoms with Crippen molar-refractivity contribution in [3.63, 3.8) is 0 Å². The van der Waals surface area contributed by atoms with Crippen LogP contribution in [0, 0.1) is 0 Å². The van der Waals surface area contributed by atoms with Gasteiger partial charge in [0.15, 0.2) is 5.13 Å². The van der Waals surface area contributed by atoms with Crippen molar-refractivity contribution in [2.24, 2.45) is 0 Å². The Morgan fingerprint density at radius 3 is 2.67 bits per heavy atom. The third-order valence-electron chi connectivity index (χ3n) is 3.19. The molecule has 0 saturated heterocycles. The summed E-state index contributed by atoms with van der Waals surface area (Å²) in [5, 5.41) is 2.82. The average Bonchev–Trinajstić information content (AvgIpc) is 3.09. The topological polar surface area (TPSA) is 62.5 Å². The second-order valence-electron chi connectivity index (χ2n) is 4.62. The predicted octanol–water partition coefficient (Wildman–Crippen LogP) is 2.91. The van der Waals surface area contributed by atoms with Crippen molar-refractivity contribution in [3.8, 4) is 0 Å². The molecule has 0 aliphatic rings. The Balaban J connectivity index is 2.15. The summed E-state index contributed by atoms with van der Waals surface area (Å²) in [4.78, 5) is 22.3. The van der Waals surface area contributed by atoms with E-state index in [1.807, 2.05) is 17.5 Å². The van der Waals surface area contributed by atoms with Crippen molar-refractivity contribution in [3.05, 3.63) is 27.3 Å². The number of hydrogen-bond acceptors (Lipinski definition) is 6. The lowest BCUT2D eigenvalue weighted by atomic mass is 10.4. The van der Waals surface area contributed by atoms with Gasteiger partial charge in [0.05, 0.1) is 6.54 Å². The van der Waals surface area contributed by atoms with Gasteiger partial charge in [0, 0.05) is 25.0 Å². The summed E-state index contributed by atoms with van der Waals surface area (Å²) in [5.74, 6) is 0.252. The lowest BCUT2D eigenvalue weighted by Crippen LogP contribution is -2.25. The van der Waals surface area contributed by atoms with Gasteiger partial charge in [-0.3, -0.25) is 4.79 Å². The zero-order chi connectivity index (χ0) is 15.4. The highest BCUT2D eigenvalue weighted by Crippen LogP contribution is 2.29. The van der Waals surface area contributed by atoms with E-state index in [-0.39, 0.29) is 5.91 Å². The van der Waals surface area contributed by atoms with Gasteiger partial charge in [0.25, 0.3) is 5.91 Å². The molecule has 0 aromatic carbocycles. The van der Waals surface area contributed by atoms with Crippen LogP contribution in [-0.2, 0) is 6.54 Å². The van der Waals surface area contributed by atoms with Gasteiger partial charge in [0.1, 0.15) is 10.7 Å². The van der Waals surface area contributed by atoms with Crippen molar-refractivity contribution < 1.29 is 4.79 Å². The van der Waals surface area contributed by atoms with E-state index < -0.39 is 0 Å². The van der Waals surface area contributed by atoms with Crippen molar-refractivity contribution in [2.45, 2.75) is 20.4 Å². The minimum absolute atomic E-state index is 0.0724. The largest absolute Gasteiger partial charge is 0.382 e. The van der Waals surface area contributed by atoms with Crippen LogP contribution >= 0.6 is 22.7 Å². The first-order valence-electron chi connectivity index (χ1n) is 6.85. The molecule has 0 atom stereocenters. The van der Waals surface area contributed by atoms with E-state index in [1.54, 1.807) is 23.3 Å². The van der Waals surface area contributed by atoms with E-state index in [0.717, 1.165) is 23.1 Å². The second kappa shape index (κ2) is 6.91. The molecule has 2 aromatic heterocycles. The Morgan fingerprint density at radius 1 is 1.38 bits per heavy atom. The minimum atomic E-state index is -0.0724. The Hall–Kier alpha value is -1.60. The average molecular weight is 324 g/mol. The summed E-state index contributed by atoms with van der Waals surface area (Å²) in [6, 6.07) is 4.00. The molecule has 2 rings (SSSR count). The first kappa shape index (κ1) is 15.8. The van der Waals surface area contributed by atoms with E-state index in [2.05, 4.69) is 23.7 Å². The molecule has 7 heteroatoms. The molecule has 0 bridgehead atoms. The number of thiophene rings is 1. The number of thiazole rings is 1. The summed E-state index contributed by atoms with van der Waals surface area (Å²) in [7, 11) is 1.79. The fourth-order valence-electron chi connectivity index (χ4n) is 1.98. The number of carbonyl (C=O) groups excluding carboxylic acids is 1. The first-order chi connectivity index (χ1) is 10.1. The number of nitrogens with two attached hydrogens (primary N) is 1. The number of amides is 1. The van der Waals surface area contributed by atoms with Crippen molar-refractivity contribution in [2.75, 3.05) is 30.8 Å². The maximum atomic E-state index is 12.5. The highest BCUT2D eigenvalue weighted by Gasteiger charge is 2.21. The number of carbonyl (C=O) groups is 1. The SMILES string of the molecule is CCN(CC)c1nc(N)c(C(=O)N(C)Cc2cccs2)s1. The van der Waals surface area contributed by atoms with Crippen LogP contribution in [0.2, 0.25) is 0 Å². The summed E-state index contributed by atoms with van der Waals surface area (Å²) in [6.07, 6.45) is 0. The molecule has 2 heterocycles. The van der Waals surface area contributed by atoms with Crippen LogP contribution in [0.15, 0.2) is 17.5 Å². The molecule has 0 radical (unpaired) electrons. The number of nitrogens with zero attached hydrogens (tertiary/aromatic N) is 3. The molecule has 1 amide bonds. The van der Waals surface area contributed by atoms with Crippen molar-refractivity contribution >= 4 is 39.5 Å². The molecule has 21 heavy (non-hydrogen) atoms. The maximum absolute atomic E-state index is 12.5. The van der Waals surface area contributed by atoms with Crippen LogP contribution in [0.3, 0.4) is 0 Å². The molecule has 0 aliphatic carbocycles. The first-order valence-corrected chi connectivity index (χ1v) is 8.55. The summed E-state index contributed by atoms with van der Waals surface area (Å²) < 4.78 is 0. The van der Waals surface area contributed by atoms with Gasteiger partial charge < -0.3 is 15.5 Å². The van der Waals surface area contributed by atoms with Gasteiger partial charge in [-0.15, -0.1) is 11.3 Å². The van der Waals surface area contributed by atoms with Gasteiger partial charge in [-0.2, -0.15) is 0 Å². The van der Waals surface area contributed by atoms with Crippen molar-refractivity contribution in [1.82, 2.24) is 9.88 Å².